The number of rotatable bonds is 3. The van der Waals surface area contributed by atoms with Gasteiger partial charge in [-0.1, -0.05) is 17.7 Å². The third-order valence-corrected chi connectivity index (χ3v) is 5.40. The molecule has 2 N–H and O–H groups in total. The summed E-state index contributed by atoms with van der Waals surface area (Å²) < 4.78 is 3.25. The summed E-state index contributed by atoms with van der Waals surface area (Å²) in [7, 11) is 0. The van der Waals surface area contributed by atoms with Gasteiger partial charge in [0.1, 0.15) is 11.7 Å². The lowest BCUT2D eigenvalue weighted by Gasteiger charge is -2.32. The zero-order valence-corrected chi connectivity index (χ0v) is 16.0. The molecular formula is C20H25N5O2. The summed E-state index contributed by atoms with van der Waals surface area (Å²) in [6, 6.07) is 4.20. The van der Waals surface area contributed by atoms with Crippen LogP contribution in [0.2, 0.25) is 0 Å². The molecule has 1 aliphatic rings. The molecule has 0 saturated carbocycles. The fourth-order valence-corrected chi connectivity index (χ4v) is 4.10. The predicted octanol–water partition coefficient (Wildman–Crippen LogP) is 1.62. The number of hydrogen-bond donors (Lipinski definition) is 2. The van der Waals surface area contributed by atoms with E-state index in [2.05, 4.69) is 34.5 Å². The molecule has 3 heterocycles. The molecule has 7 nitrogen and oxygen atoms in total. The van der Waals surface area contributed by atoms with Gasteiger partial charge in [0.05, 0.1) is 24.0 Å². The largest absolute Gasteiger partial charge is 0.388 e. The molecule has 0 radical (unpaired) electrons. The molecule has 1 fully saturated rings. The quantitative estimate of drug-likeness (QED) is 0.735. The second kappa shape index (κ2) is 6.58. The Balaban J connectivity index is 1.78. The molecule has 142 valence electrons. The Bertz CT molecular complexity index is 1040. The summed E-state index contributed by atoms with van der Waals surface area (Å²) in [4.78, 5) is 17.5. The Morgan fingerprint density at radius 3 is 2.52 bits per heavy atom. The highest BCUT2D eigenvalue weighted by atomic mass is 16.3. The van der Waals surface area contributed by atoms with Gasteiger partial charge in [0.25, 0.3) is 5.56 Å². The predicted molar refractivity (Wildman–Crippen MR) is 104 cm³/mol. The van der Waals surface area contributed by atoms with Gasteiger partial charge >= 0.3 is 0 Å². The van der Waals surface area contributed by atoms with E-state index in [4.69, 9.17) is 0 Å². The normalized spacial score (nSPS) is 16.7. The summed E-state index contributed by atoms with van der Waals surface area (Å²) in [5.74, 6) is 0. The highest BCUT2D eigenvalue weighted by Gasteiger charge is 2.30. The van der Waals surface area contributed by atoms with Crippen LogP contribution in [0.3, 0.4) is 0 Å². The molecule has 0 bridgehead atoms. The SMILES string of the molecule is Cc1cc(C)c(-n2ncc3c(=O)n(CC4(O)CCNCC4)cnc32)c(C)c1. The highest BCUT2D eigenvalue weighted by Crippen LogP contribution is 2.24. The van der Waals surface area contributed by atoms with Crippen molar-refractivity contribution in [2.24, 2.45) is 0 Å². The molecule has 7 heteroatoms. The molecule has 3 aromatic rings. The van der Waals surface area contributed by atoms with Gasteiger partial charge in [-0.3, -0.25) is 9.36 Å². The zero-order valence-electron chi connectivity index (χ0n) is 16.0. The van der Waals surface area contributed by atoms with Crippen LogP contribution in [0.5, 0.6) is 0 Å². The van der Waals surface area contributed by atoms with Crippen molar-refractivity contribution in [3.05, 3.63) is 51.7 Å². The van der Waals surface area contributed by atoms with E-state index in [9.17, 15) is 9.90 Å². The lowest BCUT2D eigenvalue weighted by molar-refractivity contribution is -0.00627. The van der Waals surface area contributed by atoms with Gasteiger partial charge in [-0.2, -0.15) is 5.10 Å². The van der Waals surface area contributed by atoms with Gasteiger partial charge in [0.2, 0.25) is 0 Å². The number of aryl methyl sites for hydroxylation is 3. The second-order valence-electron chi connectivity index (χ2n) is 7.69. The van der Waals surface area contributed by atoms with E-state index in [1.165, 1.54) is 16.5 Å². The first-order valence-corrected chi connectivity index (χ1v) is 9.32. The number of nitrogens with zero attached hydrogens (tertiary/aromatic N) is 4. The molecule has 27 heavy (non-hydrogen) atoms. The summed E-state index contributed by atoms with van der Waals surface area (Å²) >= 11 is 0. The number of aromatic nitrogens is 4. The summed E-state index contributed by atoms with van der Waals surface area (Å²) in [5.41, 5.74) is 3.84. The van der Waals surface area contributed by atoms with E-state index in [1.54, 1.807) is 10.9 Å². The van der Waals surface area contributed by atoms with Crippen LogP contribution in [0, 0.1) is 20.8 Å². The average Bonchev–Trinajstić information content (AvgIpc) is 3.02. The van der Waals surface area contributed by atoms with Gasteiger partial charge < -0.3 is 10.4 Å². The van der Waals surface area contributed by atoms with Crippen LogP contribution in [0.25, 0.3) is 16.7 Å². The smallest absolute Gasteiger partial charge is 0.264 e. The minimum atomic E-state index is -0.870. The third-order valence-electron chi connectivity index (χ3n) is 5.40. The van der Waals surface area contributed by atoms with Crippen molar-refractivity contribution >= 4 is 11.0 Å². The maximum absolute atomic E-state index is 13.0. The Kier molecular flexibility index (Phi) is 4.36. The van der Waals surface area contributed by atoms with Crippen molar-refractivity contribution in [1.82, 2.24) is 24.6 Å². The molecule has 0 aliphatic carbocycles. The Hall–Kier alpha value is -2.51. The monoisotopic (exact) mass is 367 g/mol. The fourth-order valence-electron chi connectivity index (χ4n) is 4.10. The summed E-state index contributed by atoms with van der Waals surface area (Å²) in [5, 5.41) is 18.9. The molecule has 0 unspecified atom stereocenters. The second-order valence-corrected chi connectivity index (χ2v) is 7.69. The van der Waals surface area contributed by atoms with E-state index in [-0.39, 0.29) is 12.1 Å². The van der Waals surface area contributed by atoms with Crippen molar-refractivity contribution in [2.75, 3.05) is 13.1 Å². The lowest BCUT2D eigenvalue weighted by atomic mass is 9.92. The Labute approximate surface area is 157 Å². The number of fused-ring (bicyclic) bond motifs is 1. The minimum Gasteiger partial charge on any atom is -0.388 e. The van der Waals surface area contributed by atoms with E-state index >= 15 is 0 Å². The highest BCUT2D eigenvalue weighted by molar-refractivity contribution is 5.75. The van der Waals surface area contributed by atoms with Crippen LogP contribution in [0.4, 0.5) is 0 Å². The van der Waals surface area contributed by atoms with Gasteiger partial charge in [0.15, 0.2) is 5.65 Å². The van der Waals surface area contributed by atoms with Crippen LogP contribution in [0.15, 0.2) is 29.5 Å². The van der Waals surface area contributed by atoms with Crippen LogP contribution in [-0.4, -0.2) is 43.1 Å². The molecule has 2 aromatic heterocycles. The Morgan fingerprint density at radius 2 is 1.85 bits per heavy atom. The first kappa shape index (κ1) is 17.9. The third kappa shape index (κ3) is 3.17. The molecule has 1 saturated heterocycles. The van der Waals surface area contributed by atoms with Crippen LogP contribution in [0.1, 0.15) is 29.5 Å². The molecule has 0 spiro atoms. The minimum absolute atomic E-state index is 0.166. The molecule has 4 rings (SSSR count). The van der Waals surface area contributed by atoms with Crippen molar-refractivity contribution in [2.45, 2.75) is 45.8 Å². The number of piperidine rings is 1. The number of aliphatic hydroxyl groups is 1. The number of benzene rings is 1. The van der Waals surface area contributed by atoms with Gasteiger partial charge in [-0.15, -0.1) is 0 Å². The number of hydrogen-bond acceptors (Lipinski definition) is 5. The van der Waals surface area contributed by atoms with Crippen molar-refractivity contribution in [3.8, 4) is 5.69 Å². The van der Waals surface area contributed by atoms with E-state index in [0.717, 1.165) is 29.9 Å². The van der Waals surface area contributed by atoms with Crippen molar-refractivity contribution < 1.29 is 5.11 Å². The topological polar surface area (TPSA) is 85.0 Å². The molecule has 0 atom stereocenters. The fraction of sp³-hybridized carbons (Fsp3) is 0.450. The zero-order chi connectivity index (χ0) is 19.2. The first-order chi connectivity index (χ1) is 12.9. The van der Waals surface area contributed by atoms with E-state index in [0.29, 0.717) is 23.9 Å². The van der Waals surface area contributed by atoms with Crippen LogP contribution in [-0.2, 0) is 6.54 Å². The maximum atomic E-state index is 13.0. The molecular weight excluding hydrogens is 342 g/mol. The van der Waals surface area contributed by atoms with Gasteiger partial charge in [0, 0.05) is 0 Å². The summed E-state index contributed by atoms with van der Waals surface area (Å²) in [6.07, 6.45) is 4.35. The number of nitrogens with one attached hydrogen (secondary N) is 1. The van der Waals surface area contributed by atoms with Crippen LogP contribution >= 0.6 is 0 Å². The van der Waals surface area contributed by atoms with E-state index < -0.39 is 5.60 Å². The summed E-state index contributed by atoms with van der Waals surface area (Å²) in [6.45, 7) is 7.90. The van der Waals surface area contributed by atoms with Crippen molar-refractivity contribution in [1.29, 1.82) is 0 Å². The van der Waals surface area contributed by atoms with Gasteiger partial charge in [-0.05, 0) is 57.8 Å². The first-order valence-electron chi connectivity index (χ1n) is 9.32. The van der Waals surface area contributed by atoms with Crippen LogP contribution < -0.4 is 10.9 Å². The van der Waals surface area contributed by atoms with E-state index in [1.807, 2.05) is 13.8 Å². The average molecular weight is 367 g/mol. The maximum Gasteiger partial charge on any atom is 0.264 e. The molecule has 1 aromatic carbocycles. The Morgan fingerprint density at radius 1 is 1.19 bits per heavy atom. The molecule has 1 aliphatic heterocycles. The van der Waals surface area contributed by atoms with Crippen molar-refractivity contribution in [3.63, 3.8) is 0 Å². The standard InChI is InChI=1S/C20H25N5O2/c1-13-8-14(2)17(15(3)9-13)25-18-16(10-23-25)19(26)24(12-22-18)11-20(27)4-6-21-7-5-20/h8-10,12,21,27H,4-7,11H2,1-3H3. The van der Waals surface area contributed by atoms with Gasteiger partial charge in [-0.25, -0.2) is 9.67 Å². The molecule has 0 amide bonds. The lowest BCUT2D eigenvalue weighted by Crippen LogP contribution is -2.46.